The van der Waals surface area contributed by atoms with E-state index < -0.39 is 28.7 Å². The monoisotopic (exact) mass is 364 g/mol. The van der Waals surface area contributed by atoms with Gasteiger partial charge in [0.05, 0.1) is 10.8 Å². The summed E-state index contributed by atoms with van der Waals surface area (Å²) in [4.78, 5) is 11.0. The molecule has 0 aromatic heterocycles. The Kier molecular flexibility index (Phi) is 5.24. The molecule has 5 nitrogen and oxygen atoms in total. The Hall–Kier alpha value is -1.61. The molecule has 1 fully saturated rings. The average Bonchev–Trinajstić information content (AvgIpc) is 2.48. The average molecular weight is 364 g/mol. The van der Waals surface area contributed by atoms with Crippen molar-refractivity contribution < 1.29 is 26.4 Å². The van der Waals surface area contributed by atoms with Crippen LogP contribution in [0.4, 0.5) is 18.9 Å². The molecule has 134 valence electrons. The van der Waals surface area contributed by atoms with Crippen LogP contribution in [0.1, 0.15) is 25.3 Å². The number of alkyl halides is 3. The van der Waals surface area contributed by atoms with Crippen molar-refractivity contribution in [1.82, 2.24) is 4.31 Å². The van der Waals surface area contributed by atoms with Crippen molar-refractivity contribution in [1.29, 1.82) is 0 Å². The Morgan fingerprint density at radius 1 is 1.33 bits per heavy atom. The summed E-state index contributed by atoms with van der Waals surface area (Å²) in [6, 6.07) is 4.34. The van der Waals surface area contributed by atoms with Crippen LogP contribution in [0.2, 0.25) is 0 Å². The second-order valence-corrected chi connectivity index (χ2v) is 7.81. The van der Waals surface area contributed by atoms with Gasteiger partial charge in [0, 0.05) is 25.7 Å². The van der Waals surface area contributed by atoms with Gasteiger partial charge in [0.1, 0.15) is 0 Å². The summed E-state index contributed by atoms with van der Waals surface area (Å²) in [5, 5.41) is 2.48. The van der Waals surface area contributed by atoms with E-state index in [4.69, 9.17) is 0 Å². The zero-order valence-corrected chi connectivity index (χ0v) is 14.2. The summed E-state index contributed by atoms with van der Waals surface area (Å²) in [6.07, 6.45) is -4.32. The minimum atomic E-state index is -4.42. The van der Waals surface area contributed by atoms with Crippen LogP contribution in [0, 0.1) is 12.8 Å². The molecule has 0 spiro atoms. The van der Waals surface area contributed by atoms with Gasteiger partial charge in [-0.3, -0.25) is 4.79 Å². The highest BCUT2D eigenvalue weighted by Gasteiger charge is 2.44. The number of benzene rings is 1. The van der Waals surface area contributed by atoms with Gasteiger partial charge < -0.3 is 5.32 Å². The summed E-state index contributed by atoms with van der Waals surface area (Å²) in [5.74, 6) is -2.02. The maximum Gasteiger partial charge on any atom is 0.393 e. The van der Waals surface area contributed by atoms with Gasteiger partial charge in [0.15, 0.2) is 0 Å². The quantitative estimate of drug-likeness (QED) is 0.897. The predicted molar refractivity (Wildman–Crippen MR) is 83.0 cm³/mol. The van der Waals surface area contributed by atoms with Crippen molar-refractivity contribution in [3.05, 3.63) is 23.8 Å². The second kappa shape index (κ2) is 6.72. The highest BCUT2D eigenvalue weighted by atomic mass is 32.2. The Bertz CT molecular complexity index is 732. The van der Waals surface area contributed by atoms with Crippen molar-refractivity contribution in [3.8, 4) is 0 Å². The fourth-order valence-electron chi connectivity index (χ4n) is 2.73. The van der Waals surface area contributed by atoms with E-state index in [0.717, 1.165) is 4.31 Å². The van der Waals surface area contributed by atoms with Crippen LogP contribution in [-0.4, -0.2) is 37.9 Å². The number of nitrogens with one attached hydrogen (secondary N) is 1. The van der Waals surface area contributed by atoms with Crippen LogP contribution in [0.15, 0.2) is 23.1 Å². The van der Waals surface area contributed by atoms with E-state index in [9.17, 15) is 26.4 Å². The predicted octanol–water partition coefficient (Wildman–Crippen LogP) is 2.92. The molecule has 1 amide bonds. The lowest BCUT2D eigenvalue weighted by molar-refractivity contribution is -0.182. The standard InChI is InChI=1S/C15H19F3N2O3S/c1-10-5-6-13(19-11(2)21)8-14(10)24(22,23)20-7-3-4-12(9-20)15(16,17)18/h5-6,8,12H,3-4,7,9H2,1-2H3,(H,19,21). The van der Waals surface area contributed by atoms with Crippen LogP contribution in [-0.2, 0) is 14.8 Å². The lowest BCUT2D eigenvalue weighted by Gasteiger charge is -2.33. The molecule has 1 aromatic rings. The molecule has 2 rings (SSSR count). The summed E-state index contributed by atoms with van der Waals surface area (Å²) >= 11 is 0. The minimum Gasteiger partial charge on any atom is -0.326 e. The van der Waals surface area contributed by atoms with Crippen LogP contribution in [0.3, 0.4) is 0 Å². The lowest BCUT2D eigenvalue weighted by atomic mass is 9.99. The molecule has 24 heavy (non-hydrogen) atoms. The maximum absolute atomic E-state index is 12.9. The molecule has 1 aromatic carbocycles. The third-order valence-corrected chi connectivity index (χ3v) is 5.98. The summed E-state index contributed by atoms with van der Waals surface area (Å²) in [5.41, 5.74) is 0.703. The molecule has 0 aliphatic carbocycles. The van der Waals surface area contributed by atoms with Gasteiger partial charge >= 0.3 is 6.18 Å². The molecule has 0 radical (unpaired) electrons. The van der Waals surface area contributed by atoms with Crippen LogP contribution in [0.25, 0.3) is 0 Å². The number of halogens is 3. The van der Waals surface area contributed by atoms with Gasteiger partial charge in [-0.25, -0.2) is 8.42 Å². The number of aryl methyl sites for hydroxylation is 1. The number of hydrogen-bond acceptors (Lipinski definition) is 3. The molecule has 1 aliphatic heterocycles. The first kappa shape index (κ1) is 18.7. The van der Waals surface area contributed by atoms with Gasteiger partial charge in [-0.05, 0) is 37.5 Å². The van der Waals surface area contributed by atoms with Crippen molar-refractivity contribution in [2.45, 2.75) is 37.8 Å². The van der Waals surface area contributed by atoms with Gasteiger partial charge in [-0.1, -0.05) is 6.07 Å². The normalized spacial score (nSPS) is 20.0. The smallest absolute Gasteiger partial charge is 0.326 e. The minimum absolute atomic E-state index is 0.0543. The molecule has 1 aliphatic rings. The van der Waals surface area contributed by atoms with Gasteiger partial charge in [-0.2, -0.15) is 17.5 Å². The topological polar surface area (TPSA) is 66.5 Å². The molecular formula is C15H19F3N2O3S. The summed E-state index contributed by atoms with van der Waals surface area (Å²) in [6.45, 7) is 2.33. The second-order valence-electron chi connectivity index (χ2n) is 5.91. The Morgan fingerprint density at radius 3 is 2.58 bits per heavy atom. The van der Waals surface area contributed by atoms with Crippen molar-refractivity contribution in [3.63, 3.8) is 0 Å². The molecule has 1 saturated heterocycles. The SMILES string of the molecule is CC(=O)Nc1ccc(C)c(S(=O)(=O)N2CCCC(C(F)(F)F)C2)c1. The number of hydrogen-bond donors (Lipinski definition) is 1. The number of rotatable bonds is 3. The van der Waals surface area contributed by atoms with E-state index in [1.165, 1.54) is 19.1 Å². The number of carbonyl (C=O) groups excluding carboxylic acids is 1. The third-order valence-electron chi connectivity index (χ3n) is 3.97. The molecule has 1 N–H and O–H groups in total. The van der Waals surface area contributed by atoms with E-state index >= 15 is 0 Å². The Balaban J connectivity index is 2.34. The summed E-state index contributed by atoms with van der Waals surface area (Å²) < 4.78 is 65.2. The maximum atomic E-state index is 12.9. The number of sulfonamides is 1. The lowest BCUT2D eigenvalue weighted by Crippen LogP contribution is -2.44. The van der Waals surface area contributed by atoms with Gasteiger partial charge in [0.2, 0.25) is 15.9 Å². The van der Waals surface area contributed by atoms with E-state index in [1.807, 2.05) is 0 Å². The number of anilines is 1. The zero-order chi connectivity index (χ0) is 18.1. The van der Waals surface area contributed by atoms with Crippen molar-refractivity contribution in [2.24, 2.45) is 5.92 Å². The highest BCUT2D eigenvalue weighted by molar-refractivity contribution is 7.89. The Labute approximate surface area is 138 Å². The summed E-state index contributed by atoms with van der Waals surface area (Å²) in [7, 11) is -4.06. The van der Waals surface area contributed by atoms with Crippen molar-refractivity contribution in [2.75, 3.05) is 18.4 Å². The number of amides is 1. The molecule has 9 heteroatoms. The van der Waals surface area contributed by atoms with Crippen LogP contribution in [0.5, 0.6) is 0 Å². The molecule has 0 saturated carbocycles. The van der Waals surface area contributed by atoms with Gasteiger partial charge in [-0.15, -0.1) is 0 Å². The molecular weight excluding hydrogens is 345 g/mol. The van der Waals surface area contributed by atoms with Crippen LogP contribution < -0.4 is 5.32 Å². The van der Waals surface area contributed by atoms with Crippen molar-refractivity contribution >= 4 is 21.6 Å². The van der Waals surface area contributed by atoms with E-state index in [2.05, 4.69) is 5.32 Å². The fraction of sp³-hybridized carbons (Fsp3) is 0.533. The molecule has 1 unspecified atom stereocenters. The number of nitrogens with zero attached hydrogens (tertiary/aromatic N) is 1. The highest BCUT2D eigenvalue weighted by Crippen LogP contribution is 2.35. The van der Waals surface area contributed by atoms with E-state index in [1.54, 1.807) is 13.0 Å². The zero-order valence-electron chi connectivity index (χ0n) is 13.4. The molecule has 0 bridgehead atoms. The van der Waals surface area contributed by atoms with E-state index in [-0.39, 0.29) is 35.9 Å². The molecule has 1 atom stereocenters. The van der Waals surface area contributed by atoms with E-state index in [0.29, 0.717) is 5.56 Å². The number of carbonyl (C=O) groups is 1. The van der Waals surface area contributed by atoms with Gasteiger partial charge in [0.25, 0.3) is 0 Å². The Morgan fingerprint density at radius 2 is 2.00 bits per heavy atom. The first-order valence-electron chi connectivity index (χ1n) is 7.47. The molecule has 1 heterocycles. The number of piperidine rings is 1. The first-order valence-corrected chi connectivity index (χ1v) is 8.91. The van der Waals surface area contributed by atoms with Crippen LogP contribution >= 0.6 is 0 Å². The fourth-order valence-corrected chi connectivity index (χ4v) is 4.50. The largest absolute Gasteiger partial charge is 0.393 e. The third kappa shape index (κ3) is 4.07. The first-order chi connectivity index (χ1) is 11.0.